The smallest absolute Gasteiger partial charge is 0.123 e. The summed E-state index contributed by atoms with van der Waals surface area (Å²) in [5, 5.41) is 3.45. The van der Waals surface area contributed by atoms with Crippen LogP contribution < -0.4 is 5.32 Å². The van der Waals surface area contributed by atoms with Crippen LogP contribution in [0.5, 0.6) is 0 Å². The Morgan fingerprint density at radius 1 is 1.32 bits per heavy atom. The second-order valence-electron chi connectivity index (χ2n) is 4.92. The first-order valence-electron chi connectivity index (χ1n) is 6.52. The Balaban J connectivity index is 1.88. The van der Waals surface area contributed by atoms with Crippen molar-refractivity contribution in [2.75, 3.05) is 0 Å². The van der Waals surface area contributed by atoms with Gasteiger partial charge in [0.05, 0.1) is 0 Å². The Kier molecular flexibility index (Phi) is 4.63. The van der Waals surface area contributed by atoms with Crippen LogP contribution in [0.3, 0.4) is 0 Å². The van der Waals surface area contributed by atoms with E-state index in [9.17, 15) is 4.39 Å². The maximum absolute atomic E-state index is 13.1. The lowest BCUT2D eigenvalue weighted by Crippen LogP contribution is -2.27. The van der Waals surface area contributed by atoms with Crippen molar-refractivity contribution in [1.82, 2.24) is 10.3 Å². The van der Waals surface area contributed by atoms with Gasteiger partial charge in [-0.15, -0.1) is 0 Å². The van der Waals surface area contributed by atoms with Crippen LogP contribution in [0.4, 0.5) is 4.39 Å². The van der Waals surface area contributed by atoms with Crippen LogP contribution >= 0.6 is 0 Å². The van der Waals surface area contributed by atoms with Crippen molar-refractivity contribution in [3.05, 3.63) is 65.2 Å². The van der Waals surface area contributed by atoms with Gasteiger partial charge in [-0.3, -0.25) is 4.98 Å². The number of benzene rings is 1. The summed E-state index contributed by atoms with van der Waals surface area (Å²) >= 11 is 0. The van der Waals surface area contributed by atoms with E-state index in [1.165, 1.54) is 17.2 Å². The third-order valence-corrected chi connectivity index (χ3v) is 3.22. The molecule has 1 N–H and O–H groups in total. The fourth-order valence-electron chi connectivity index (χ4n) is 2.06. The average Bonchev–Trinajstić information content (AvgIpc) is 2.38. The molecule has 100 valence electrons. The molecule has 1 aromatic carbocycles. The van der Waals surface area contributed by atoms with Gasteiger partial charge in [-0.25, -0.2) is 4.39 Å². The first-order chi connectivity index (χ1) is 9.15. The molecule has 0 spiro atoms. The van der Waals surface area contributed by atoms with E-state index in [0.29, 0.717) is 6.04 Å². The van der Waals surface area contributed by atoms with E-state index < -0.39 is 0 Å². The topological polar surface area (TPSA) is 24.9 Å². The zero-order valence-corrected chi connectivity index (χ0v) is 11.4. The SMILES string of the molecule is Cc1ccncc1CNC(C)Cc1cccc(F)c1. The molecule has 2 nitrogen and oxygen atoms in total. The van der Waals surface area contributed by atoms with Crippen molar-refractivity contribution in [2.24, 2.45) is 0 Å². The number of nitrogens with one attached hydrogen (secondary N) is 1. The van der Waals surface area contributed by atoms with E-state index in [4.69, 9.17) is 0 Å². The zero-order chi connectivity index (χ0) is 13.7. The van der Waals surface area contributed by atoms with Crippen LogP contribution in [-0.4, -0.2) is 11.0 Å². The first-order valence-corrected chi connectivity index (χ1v) is 6.52. The molecule has 2 aromatic rings. The predicted molar refractivity (Wildman–Crippen MR) is 75.4 cm³/mol. The van der Waals surface area contributed by atoms with Crippen LogP contribution in [0.1, 0.15) is 23.6 Å². The second kappa shape index (κ2) is 6.43. The lowest BCUT2D eigenvalue weighted by molar-refractivity contribution is 0.541. The molecule has 0 saturated heterocycles. The van der Waals surface area contributed by atoms with E-state index in [0.717, 1.165) is 18.5 Å². The van der Waals surface area contributed by atoms with Crippen LogP contribution in [0, 0.1) is 12.7 Å². The Morgan fingerprint density at radius 3 is 2.89 bits per heavy atom. The summed E-state index contributed by atoms with van der Waals surface area (Å²) in [7, 11) is 0. The highest BCUT2D eigenvalue weighted by Gasteiger charge is 2.05. The van der Waals surface area contributed by atoms with Gasteiger partial charge >= 0.3 is 0 Å². The maximum atomic E-state index is 13.1. The van der Waals surface area contributed by atoms with Gasteiger partial charge in [0.1, 0.15) is 5.82 Å². The molecule has 0 aliphatic heterocycles. The van der Waals surface area contributed by atoms with E-state index in [1.54, 1.807) is 18.3 Å². The minimum atomic E-state index is -0.173. The molecule has 0 radical (unpaired) electrons. The van der Waals surface area contributed by atoms with Gasteiger partial charge in [-0.1, -0.05) is 12.1 Å². The molecule has 0 aliphatic rings. The zero-order valence-electron chi connectivity index (χ0n) is 11.4. The normalized spacial score (nSPS) is 12.4. The number of nitrogens with zero attached hydrogens (tertiary/aromatic N) is 1. The fourth-order valence-corrected chi connectivity index (χ4v) is 2.06. The minimum Gasteiger partial charge on any atom is -0.310 e. The summed E-state index contributed by atoms with van der Waals surface area (Å²) in [6, 6.07) is 9.07. The molecule has 0 bridgehead atoms. The molecule has 19 heavy (non-hydrogen) atoms. The molecule has 2 rings (SSSR count). The summed E-state index contributed by atoms with van der Waals surface area (Å²) in [4.78, 5) is 4.13. The van der Waals surface area contributed by atoms with Gasteiger partial charge in [0.25, 0.3) is 0 Å². The highest BCUT2D eigenvalue weighted by molar-refractivity contribution is 5.21. The quantitative estimate of drug-likeness (QED) is 0.890. The number of pyridine rings is 1. The lowest BCUT2D eigenvalue weighted by atomic mass is 10.1. The van der Waals surface area contributed by atoms with Crippen LogP contribution in [-0.2, 0) is 13.0 Å². The summed E-state index contributed by atoms with van der Waals surface area (Å²) in [6.45, 7) is 4.97. The molecule has 1 heterocycles. The monoisotopic (exact) mass is 258 g/mol. The van der Waals surface area contributed by atoms with Crippen molar-refractivity contribution in [2.45, 2.75) is 32.9 Å². The van der Waals surface area contributed by atoms with Crippen molar-refractivity contribution in [3.8, 4) is 0 Å². The maximum Gasteiger partial charge on any atom is 0.123 e. The molecule has 3 heteroatoms. The minimum absolute atomic E-state index is 0.173. The van der Waals surface area contributed by atoms with Crippen LogP contribution in [0.15, 0.2) is 42.7 Å². The van der Waals surface area contributed by atoms with Crippen molar-refractivity contribution < 1.29 is 4.39 Å². The largest absolute Gasteiger partial charge is 0.310 e. The standard InChI is InChI=1S/C16H19FN2/c1-12-6-7-18-10-15(12)11-19-13(2)8-14-4-3-5-16(17)9-14/h3-7,9-10,13,19H,8,11H2,1-2H3. The molecule has 1 aromatic heterocycles. The molecule has 0 fully saturated rings. The first kappa shape index (κ1) is 13.7. The third-order valence-electron chi connectivity index (χ3n) is 3.22. The van der Waals surface area contributed by atoms with Gasteiger partial charge in [0.15, 0.2) is 0 Å². The Labute approximate surface area is 113 Å². The lowest BCUT2D eigenvalue weighted by Gasteiger charge is -2.14. The molecule has 0 saturated carbocycles. The van der Waals surface area contributed by atoms with Crippen LogP contribution in [0.25, 0.3) is 0 Å². The third kappa shape index (κ3) is 4.14. The summed E-state index contributed by atoms with van der Waals surface area (Å²) in [5.74, 6) is -0.173. The Morgan fingerprint density at radius 2 is 2.16 bits per heavy atom. The van der Waals surface area contributed by atoms with Gasteiger partial charge in [0, 0.05) is 25.0 Å². The number of aromatic nitrogens is 1. The van der Waals surface area contributed by atoms with E-state index in [-0.39, 0.29) is 5.82 Å². The molecule has 1 unspecified atom stereocenters. The van der Waals surface area contributed by atoms with E-state index in [1.807, 2.05) is 18.3 Å². The Bertz CT molecular complexity index is 540. The van der Waals surface area contributed by atoms with E-state index in [2.05, 4.69) is 24.1 Å². The number of aryl methyl sites for hydroxylation is 1. The average molecular weight is 258 g/mol. The predicted octanol–water partition coefficient (Wildman–Crippen LogP) is 3.25. The Hall–Kier alpha value is -1.74. The van der Waals surface area contributed by atoms with Crippen molar-refractivity contribution >= 4 is 0 Å². The number of rotatable bonds is 5. The highest BCUT2D eigenvalue weighted by atomic mass is 19.1. The fraction of sp³-hybridized carbons (Fsp3) is 0.312. The van der Waals surface area contributed by atoms with E-state index >= 15 is 0 Å². The number of hydrogen-bond donors (Lipinski definition) is 1. The number of halogens is 1. The van der Waals surface area contributed by atoms with Gasteiger partial charge in [-0.2, -0.15) is 0 Å². The molecule has 0 amide bonds. The summed E-state index contributed by atoms with van der Waals surface area (Å²) in [6.07, 6.45) is 4.50. The summed E-state index contributed by atoms with van der Waals surface area (Å²) in [5.41, 5.74) is 3.46. The van der Waals surface area contributed by atoms with Crippen molar-refractivity contribution in [3.63, 3.8) is 0 Å². The van der Waals surface area contributed by atoms with Crippen LogP contribution in [0.2, 0.25) is 0 Å². The van der Waals surface area contributed by atoms with Gasteiger partial charge in [0.2, 0.25) is 0 Å². The molecular weight excluding hydrogens is 239 g/mol. The summed E-state index contributed by atoms with van der Waals surface area (Å²) < 4.78 is 13.1. The molecular formula is C16H19FN2. The van der Waals surface area contributed by atoms with Crippen molar-refractivity contribution in [1.29, 1.82) is 0 Å². The molecule has 0 aliphatic carbocycles. The van der Waals surface area contributed by atoms with Gasteiger partial charge in [-0.05, 0) is 55.2 Å². The second-order valence-corrected chi connectivity index (χ2v) is 4.92. The van der Waals surface area contributed by atoms with Gasteiger partial charge < -0.3 is 5.32 Å². The highest BCUT2D eigenvalue weighted by Crippen LogP contribution is 2.08. The molecule has 1 atom stereocenters. The number of hydrogen-bond acceptors (Lipinski definition) is 2.